The first-order chi connectivity index (χ1) is 14.1. The number of thiophene rings is 1. The van der Waals surface area contributed by atoms with Crippen LogP contribution >= 0.6 is 22.9 Å². The van der Waals surface area contributed by atoms with Crippen molar-refractivity contribution >= 4 is 28.8 Å². The third-order valence-electron chi connectivity index (χ3n) is 5.78. The summed E-state index contributed by atoms with van der Waals surface area (Å²) in [6.45, 7) is 0.374. The third kappa shape index (κ3) is 3.70. The Labute approximate surface area is 177 Å². The molecule has 6 nitrogen and oxygen atoms in total. The lowest BCUT2D eigenvalue weighted by atomic mass is 9.90. The number of halogens is 1. The number of rotatable bonds is 4. The van der Waals surface area contributed by atoms with Crippen molar-refractivity contribution in [3.8, 4) is 0 Å². The molecule has 0 bridgehead atoms. The molecule has 1 aliphatic heterocycles. The van der Waals surface area contributed by atoms with Crippen LogP contribution in [0.1, 0.15) is 58.2 Å². The highest BCUT2D eigenvalue weighted by Crippen LogP contribution is 2.40. The predicted molar refractivity (Wildman–Crippen MR) is 111 cm³/mol. The van der Waals surface area contributed by atoms with Gasteiger partial charge in [0.2, 0.25) is 0 Å². The summed E-state index contributed by atoms with van der Waals surface area (Å²) in [5.41, 5.74) is 1.95. The Morgan fingerprint density at radius 1 is 1.21 bits per heavy atom. The summed E-state index contributed by atoms with van der Waals surface area (Å²) >= 11 is 7.48. The van der Waals surface area contributed by atoms with Crippen molar-refractivity contribution in [2.75, 3.05) is 6.54 Å². The highest BCUT2D eigenvalue weighted by molar-refractivity contribution is 7.12. The van der Waals surface area contributed by atoms with Gasteiger partial charge in [0, 0.05) is 30.1 Å². The van der Waals surface area contributed by atoms with Gasteiger partial charge in [0.1, 0.15) is 0 Å². The molecule has 1 amide bonds. The minimum Gasteiger partial charge on any atom is -0.391 e. The normalized spacial score (nSPS) is 24.6. The number of aliphatic hydroxyl groups excluding tert-OH is 1. The van der Waals surface area contributed by atoms with Crippen molar-refractivity contribution in [2.24, 2.45) is 0 Å². The van der Waals surface area contributed by atoms with E-state index in [1.165, 1.54) is 11.3 Å². The number of carbonyl (C=O) groups excluding carboxylic acids is 1. The molecule has 29 heavy (non-hydrogen) atoms. The lowest BCUT2D eigenvalue weighted by molar-refractivity contribution is -0.00165. The number of benzene rings is 1. The number of hydrogen-bond donors (Lipinski definition) is 1. The average molecular weight is 429 g/mol. The molecule has 3 heterocycles. The molecule has 1 aliphatic carbocycles. The highest BCUT2D eigenvalue weighted by atomic mass is 35.5. The molecule has 0 radical (unpaired) electrons. The van der Waals surface area contributed by atoms with Crippen LogP contribution in [0.3, 0.4) is 0 Å². The number of carbonyl (C=O) groups is 1. The molecule has 150 valence electrons. The van der Waals surface area contributed by atoms with Crippen molar-refractivity contribution in [3.63, 3.8) is 0 Å². The molecule has 5 rings (SSSR count). The lowest BCUT2D eigenvalue weighted by Crippen LogP contribution is -2.48. The molecular formula is C21H21ClN4O2S. The van der Waals surface area contributed by atoms with E-state index in [0.717, 1.165) is 24.1 Å². The Bertz CT molecular complexity index is 1000. The number of nitrogens with zero attached hydrogens (tertiary/aromatic N) is 4. The zero-order valence-corrected chi connectivity index (χ0v) is 17.3. The van der Waals surface area contributed by atoms with E-state index in [-0.39, 0.29) is 18.0 Å². The van der Waals surface area contributed by atoms with E-state index in [2.05, 4.69) is 10.3 Å². The summed E-state index contributed by atoms with van der Waals surface area (Å²) in [5.74, 6) is 0.467. The van der Waals surface area contributed by atoms with Crippen LogP contribution in [0.2, 0.25) is 5.02 Å². The largest absolute Gasteiger partial charge is 0.391 e. The standard InChI is InChI=1S/C21H21ClN4O2S/c22-15-7-5-14(6-8-15)17-10-19(27)18(26-11-16(23-24-26)13-3-4-13)12-25(17)21(28)20-2-1-9-29-20/h1-2,5-9,11,13,17-19,27H,3-4,10,12H2/t17-,18+,19+/m1/s1. The van der Waals surface area contributed by atoms with E-state index in [9.17, 15) is 9.90 Å². The van der Waals surface area contributed by atoms with Gasteiger partial charge in [0.25, 0.3) is 5.91 Å². The summed E-state index contributed by atoms with van der Waals surface area (Å²) in [6, 6.07) is 10.7. The second kappa shape index (κ2) is 7.55. The van der Waals surface area contributed by atoms with Crippen LogP contribution in [-0.4, -0.2) is 43.6 Å². The minimum atomic E-state index is -0.628. The first-order valence-electron chi connectivity index (χ1n) is 9.80. The van der Waals surface area contributed by atoms with Gasteiger partial charge in [-0.2, -0.15) is 0 Å². The smallest absolute Gasteiger partial charge is 0.264 e. The van der Waals surface area contributed by atoms with E-state index in [1.807, 2.05) is 52.9 Å². The van der Waals surface area contributed by atoms with Gasteiger partial charge in [-0.3, -0.25) is 4.79 Å². The van der Waals surface area contributed by atoms with Gasteiger partial charge in [-0.1, -0.05) is 35.0 Å². The van der Waals surface area contributed by atoms with E-state index in [1.54, 1.807) is 4.68 Å². The fraction of sp³-hybridized carbons (Fsp3) is 0.381. The van der Waals surface area contributed by atoms with E-state index < -0.39 is 6.10 Å². The van der Waals surface area contributed by atoms with Gasteiger partial charge in [-0.05, 0) is 42.0 Å². The van der Waals surface area contributed by atoms with Gasteiger partial charge in [0.05, 0.1) is 28.8 Å². The molecule has 2 fully saturated rings. The number of aliphatic hydroxyl groups is 1. The Morgan fingerprint density at radius 3 is 2.69 bits per heavy atom. The number of amides is 1. The molecule has 0 spiro atoms. The van der Waals surface area contributed by atoms with Gasteiger partial charge in [-0.15, -0.1) is 16.4 Å². The predicted octanol–water partition coefficient (Wildman–Crippen LogP) is 4.06. The summed E-state index contributed by atoms with van der Waals surface area (Å²) in [6.07, 6.45) is 4.03. The van der Waals surface area contributed by atoms with Crippen LogP contribution in [0.4, 0.5) is 0 Å². The molecule has 1 saturated heterocycles. The van der Waals surface area contributed by atoms with Crippen LogP contribution in [-0.2, 0) is 0 Å². The number of likely N-dealkylation sites (tertiary alicyclic amines) is 1. The van der Waals surface area contributed by atoms with Crippen LogP contribution < -0.4 is 0 Å². The van der Waals surface area contributed by atoms with Crippen molar-refractivity contribution < 1.29 is 9.90 Å². The molecule has 0 unspecified atom stereocenters. The molecule has 3 atom stereocenters. The Balaban J connectivity index is 1.47. The van der Waals surface area contributed by atoms with Gasteiger partial charge >= 0.3 is 0 Å². The third-order valence-corrected chi connectivity index (χ3v) is 6.89. The fourth-order valence-corrected chi connectivity index (χ4v) is 4.81. The lowest BCUT2D eigenvalue weighted by Gasteiger charge is -2.42. The molecule has 1 aromatic carbocycles. The van der Waals surface area contributed by atoms with E-state index in [4.69, 9.17) is 11.6 Å². The highest BCUT2D eigenvalue weighted by Gasteiger charge is 2.40. The molecule has 1 saturated carbocycles. The first-order valence-corrected chi connectivity index (χ1v) is 11.1. The molecule has 1 N–H and O–H groups in total. The number of aromatic nitrogens is 3. The van der Waals surface area contributed by atoms with Crippen LogP contribution in [0.5, 0.6) is 0 Å². The van der Waals surface area contributed by atoms with Crippen molar-refractivity contribution in [2.45, 2.75) is 43.4 Å². The second-order valence-electron chi connectivity index (χ2n) is 7.77. The maximum Gasteiger partial charge on any atom is 0.264 e. The number of piperidine rings is 1. The van der Waals surface area contributed by atoms with Crippen molar-refractivity contribution in [1.82, 2.24) is 19.9 Å². The summed E-state index contributed by atoms with van der Waals surface area (Å²) in [7, 11) is 0. The minimum absolute atomic E-state index is 0.0284. The van der Waals surface area contributed by atoms with E-state index in [0.29, 0.717) is 28.8 Å². The summed E-state index contributed by atoms with van der Waals surface area (Å²) in [5, 5.41) is 22.1. The van der Waals surface area contributed by atoms with Crippen LogP contribution in [0.25, 0.3) is 0 Å². The van der Waals surface area contributed by atoms with Gasteiger partial charge in [-0.25, -0.2) is 4.68 Å². The fourth-order valence-electron chi connectivity index (χ4n) is 4.01. The Kier molecular flexibility index (Phi) is 4.89. The van der Waals surface area contributed by atoms with E-state index >= 15 is 0 Å². The molecule has 3 aromatic rings. The maximum atomic E-state index is 13.3. The summed E-state index contributed by atoms with van der Waals surface area (Å²) in [4.78, 5) is 15.8. The Morgan fingerprint density at radius 2 is 2.00 bits per heavy atom. The monoisotopic (exact) mass is 428 g/mol. The molecular weight excluding hydrogens is 408 g/mol. The van der Waals surface area contributed by atoms with Crippen molar-refractivity contribution in [1.29, 1.82) is 0 Å². The molecule has 8 heteroatoms. The molecule has 2 aromatic heterocycles. The second-order valence-corrected chi connectivity index (χ2v) is 9.15. The zero-order valence-electron chi connectivity index (χ0n) is 15.7. The van der Waals surface area contributed by atoms with Crippen molar-refractivity contribution in [3.05, 3.63) is 69.1 Å². The molecule has 2 aliphatic rings. The average Bonchev–Trinajstić information content (AvgIpc) is 3.22. The number of hydrogen-bond acceptors (Lipinski definition) is 5. The maximum absolute atomic E-state index is 13.3. The van der Waals surface area contributed by atoms with Gasteiger partial charge < -0.3 is 10.0 Å². The van der Waals surface area contributed by atoms with Gasteiger partial charge in [0.15, 0.2) is 0 Å². The quantitative estimate of drug-likeness (QED) is 0.680. The van der Waals surface area contributed by atoms with Crippen LogP contribution in [0, 0.1) is 0 Å². The van der Waals surface area contributed by atoms with Crippen LogP contribution in [0.15, 0.2) is 48.0 Å². The SMILES string of the molecule is O=C(c1cccs1)N1C[C@H](n2cc(C3CC3)nn2)[C@@H](O)C[C@@H]1c1ccc(Cl)cc1. The zero-order chi connectivity index (χ0) is 20.0. The Hall–Kier alpha value is -2.22. The summed E-state index contributed by atoms with van der Waals surface area (Å²) < 4.78 is 1.74. The first kappa shape index (κ1) is 18.8. The topological polar surface area (TPSA) is 71.2 Å².